The fourth-order valence-corrected chi connectivity index (χ4v) is 5.40. The predicted molar refractivity (Wildman–Crippen MR) is 90.0 cm³/mol. The summed E-state index contributed by atoms with van der Waals surface area (Å²) >= 11 is 12.3. The second-order valence-corrected chi connectivity index (χ2v) is 8.40. The van der Waals surface area contributed by atoms with Crippen LogP contribution in [0.15, 0.2) is 42.5 Å². The standard InChI is InChI=1S/C16H15Cl2NO2S/c17-13-6-12-8-19-9-15(16(12)14(18)7-13)22(20,21)10-11-4-2-1-3-5-11/h1-7,15,19H,8-10H2. The smallest absolute Gasteiger partial charge is 0.162 e. The number of fused-ring (bicyclic) bond motifs is 1. The maximum Gasteiger partial charge on any atom is 0.162 e. The van der Waals surface area contributed by atoms with E-state index in [4.69, 9.17) is 23.2 Å². The number of hydrogen-bond donors (Lipinski definition) is 1. The van der Waals surface area contributed by atoms with Crippen LogP contribution in [0.5, 0.6) is 0 Å². The monoisotopic (exact) mass is 355 g/mol. The number of hydrogen-bond acceptors (Lipinski definition) is 3. The zero-order valence-corrected chi connectivity index (χ0v) is 14.0. The molecule has 0 aromatic heterocycles. The number of benzene rings is 2. The van der Waals surface area contributed by atoms with Crippen LogP contribution < -0.4 is 5.32 Å². The van der Waals surface area contributed by atoms with E-state index in [2.05, 4.69) is 5.32 Å². The highest BCUT2D eigenvalue weighted by atomic mass is 35.5. The van der Waals surface area contributed by atoms with Gasteiger partial charge in [-0.3, -0.25) is 0 Å². The van der Waals surface area contributed by atoms with Crippen molar-refractivity contribution in [3.8, 4) is 0 Å². The van der Waals surface area contributed by atoms with Crippen molar-refractivity contribution in [3.63, 3.8) is 0 Å². The number of nitrogens with one attached hydrogen (secondary N) is 1. The van der Waals surface area contributed by atoms with Gasteiger partial charge in [-0.1, -0.05) is 53.5 Å². The molecule has 2 aromatic carbocycles. The molecule has 1 heterocycles. The maximum atomic E-state index is 12.8. The van der Waals surface area contributed by atoms with Gasteiger partial charge in [-0.05, 0) is 28.8 Å². The van der Waals surface area contributed by atoms with Crippen LogP contribution >= 0.6 is 23.2 Å². The van der Waals surface area contributed by atoms with Gasteiger partial charge in [0.2, 0.25) is 0 Å². The molecule has 0 aliphatic carbocycles. The molecule has 1 aliphatic heterocycles. The van der Waals surface area contributed by atoms with E-state index in [-0.39, 0.29) is 5.75 Å². The van der Waals surface area contributed by atoms with Gasteiger partial charge in [-0.15, -0.1) is 0 Å². The quantitative estimate of drug-likeness (QED) is 0.911. The molecule has 0 fully saturated rings. The molecule has 0 saturated heterocycles. The van der Waals surface area contributed by atoms with Gasteiger partial charge in [0.05, 0.1) is 5.75 Å². The van der Waals surface area contributed by atoms with Crippen LogP contribution in [0.2, 0.25) is 10.0 Å². The van der Waals surface area contributed by atoms with E-state index < -0.39 is 15.1 Å². The van der Waals surface area contributed by atoms with E-state index in [1.807, 2.05) is 30.3 Å². The van der Waals surface area contributed by atoms with Crippen LogP contribution in [0, 0.1) is 0 Å². The molecule has 3 nitrogen and oxygen atoms in total. The molecule has 0 spiro atoms. The minimum absolute atomic E-state index is 0.00141. The lowest BCUT2D eigenvalue weighted by molar-refractivity contribution is 0.555. The number of sulfone groups is 1. The molecule has 116 valence electrons. The third-order valence-electron chi connectivity index (χ3n) is 3.79. The van der Waals surface area contributed by atoms with Crippen molar-refractivity contribution < 1.29 is 8.42 Å². The second kappa shape index (κ2) is 6.20. The summed E-state index contributed by atoms with van der Waals surface area (Å²) in [6.45, 7) is 0.941. The van der Waals surface area contributed by atoms with E-state index in [1.165, 1.54) is 0 Å². The average Bonchev–Trinajstić information content (AvgIpc) is 2.47. The van der Waals surface area contributed by atoms with Gasteiger partial charge in [0.1, 0.15) is 5.25 Å². The van der Waals surface area contributed by atoms with E-state index in [0.29, 0.717) is 28.7 Å². The third-order valence-corrected chi connectivity index (χ3v) is 6.33. The highest BCUT2D eigenvalue weighted by molar-refractivity contribution is 7.90. The van der Waals surface area contributed by atoms with Crippen LogP contribution in [-0.2, 0) is 22.1 Å². The Balaban J connectivity index is 2.00. The van der Waals surface area contributed by atoms with Crippen molar-refractivity contribution in [2.24, 2.45) is 0 Å². The van der Waals surface area contributed by atoms with Crippen molar-refractivity contribution in [2.45, 2.75) is 17.5 Å². The van der Waals surface area contributed by atoms with E-state index >= 15 is 0 Å². The molecule has 0 amide bonds. The van der Waals surface area contributed by atoms with E-state index in [9.17, 15) is 8.42 Å². The first-order chi connectivity index (χ1) is 10.5. The molecule has 22 heavy (non-hydrogen) atoms. The zero-order valence-electron chi connectivity index (χ0n) is 11.7. The predicted octanol–water partition coefficient (Wildman–Crippen LogP) is 3.75. The van der Waals surface area contributed by atoms with Crippen LogP contribution in [-0.4, -0.2) is 15.0 Å². The maximum absolute atomic E-state index is 12.8. The van der Waals surface area contributed by atoms with Crippen molar-refractivity contribution >= 4 is 33.0 Å². The highest BCUT2D eigenvalue weighted by Crippen LogP contribution is 2.37. The van der Waals surface area contributed by atoms with Crippen molar-refractivity contribution in [1.29, 1.82) is 0 Å². The summed E-state index contributed by atoms with van der Waals surface area (Å²) in [7, 11) is -3.38. The lowest BCUT2D eigenvalue weighted by Crippen LogP contribution is -2.33. The lowest BCUT2D eigenvalue weighted by atomic mass is 10.0. The molecule has 0 saturated carbocycles. The van der Waals surface area contributed by atoms with Gasteiger partial charge >= 0.3 is 0 Å². The largest absolute Gasteiger partial charge is 0.311 e. The third kappa shape index (κ3) is 3.15. The number of halogens is 2. The van der Waals surface area contributed by atoms with Crippen LogP contribution in [0.25, 0.3) is 0 Å². The Hall–Kier alpha value is -1.07. The summed E-state index contributed by atoms with van der Waals surface area (Å²) in [5, 5.41) is 3.43. The second-order valence-electron chi connectivity index (χ2n) is 5.37. The molecule has 1 unspecified atom stereocenters. The summed E-state index contributed by atoms with van der Waals surface area (Å²) in [4.78, 5) is 0. The molecule has 3 rings (SSSR count). The molecule has 6 heteroatoms. The van der Waals surface area contributed by atoms with Gasteiger partial charge in [0, 0.05) is 23.1 Å². The summed E-state index contributed by atoms with van der Waals surface area (Å²) in [5.41, 5.74) is 2.31. The molecule has 1 aliphatic rings. The Labute approximate surface area is 140 Å². The Morgan fingerprint density at radius 1 is 1.14 bits per heavy atom. The van der Waals surface area contributed by atoms with Crippen LogP contribution in [0.3, 0.4) is 0 Å². The topological polar surface area (TPSA) is 46.2 Å². The molecular weight excluding hydrogens is 341 g/mol. The first-order valence-corrected chi connectivity index (χ1v) is 9.38. The lowest BCUT2D eigenvalue weighted by Gasteiger charge is -2.27. The minimum Gasteiger partial charge on any atom is -0.311 e. The van der Waals surface area contributed by atoms with Crippen LogP contribution in [0.1, 0.15) is 21.9 Å². The molecule has 0 radical (unpaired) electrons. The van der Waals surface area contributed by atoms with Gasteiger partial charge in [0.25, 0.3) is 0 Å². The Morgan fingerprint density at radius 2 is 1.86 bits per heavy atom. The summed E-state index contributed by atoms with van der Waals surface area (Å²) < 4.78 is 25.6. The van der Waals surface area contributed by atoms with E-state index in [1.54, 1.807) is 12.1 Å². The summed E-state index contributed by atoms with van der Waals surface area (Å²) in [5.74, 6) is -0.00141. The minimum atomic E-state index is -3.38. The van der Waals surface area contributed by atoms with Crippen molar-refractivity contribution in [1.82, 2.24) is 5.32 Å². The summed E-state index contributed by atoms with van der Waals surface area (Å²) in [6, 6.07) is 12.6. The molecule has 1 N–H and O–H groups in total. The van der Waals surface area contributed by atoms with E-state index in [0.717, 1.165) is 11.1 Å². The van der Waals surface area contributed by atoms with Gasteiger partial charge < -0.3 is 5.32 Å². The normalized spacial score (nSPS) is 18.0. The Bertz CT molecular complexity index is 791. The van der Waals surface area contributed by atoms with Crippen LogP contribution in [0.4, 0.5) is 0 Å². The van der Waals surface area contributed by atoms with Crippen molar-refractivity contribution in [2.75, 3.05) is 6.54 Å². The van der Waals surface area contributed by atoms with Gasteiger partial charge in [0.15, 0.2) is 9.84 Å². The fraction of sp³-hybridized carbons (Fsp3) is 0.250. The average molecular weight is 356 g/mol. The zero-order chi connectivity index (χ0) is 15.7. The Kier molecular flexibility index (Phi) is 4.46. The Morgan fingerprint density at radius 3 is 2.59 bits per heavy atom. The molecular formula is C16H15Cl2NO2S. The van der Waals surface area contributed by atoms with Gasteiger partial charge in [-0.25, -0.2) is 8.42 Å². The molecule has 0 bridgehead atoms. The fourth-order valence-electron chi connectivity index (χ4n) is 2.80. The SMILES string of the molecule is O=S(=O)(Cc1ccccc1)C1CNCc2cc(Cl)cc(Cl)c21. The molecule has 2 aromatic rings. The first-order valence-electron chi connectivity index (χ1n) is 6.91. The number of rotatable bonds is 3. The highest BCUT2D eigenvalue weighted by Gasteiger charge is 2.33. The van der Waals surface area contributed by atoms with Gasteiger partial charge in [-0.2, -0.15) is 0 Å². The first kappa shape index (κ1) is 15.8. The molecule has 1 atom stereocenters. The van der Waals surface area contributed by atoms with Crippen molar-refractivity contribution in [3.05, 3.63) is 69.2 Å². The summed E-state index contributed by atoms with van der Waals surface area (Å²) in [6.07, 6.45) is 0.